The predicted molar refractivity (Wildman–Crippen MR) is 92.9 cm³/mol. The molecule has 0 radical (unpaired) electrons. The number of nitro benzene ring substituents is 1. The van der Waals surface area contributed by atoms with Gasteiger partial charge in [-0.15, -0.1) is 12.4 Å². The largest absolute Gasteiger partial charge is 0.335 e. The number of non-ortho nitro benzene ring substituents is 1. The van der Waals surface area contributed by atoms with Gasteiger partial charge in [0.2, 0.25) is 5.91 Å². The van der Waals surface area contributed by atoms with Crippen LogP contribution in [0.2, 0.25) is 0 Å². The average molecular weight is 405 g/mol. The molecule has 2 unspecified atom stereocenters. The zero-order chi connectivity index (χ0) is 15.7. The molecule has 0 aromatic heterocycles. The van der Waals surface area contributed by atoms with Gasteiger partial charge in [-0.2, -0.15) is 0 Å². The standard InChI is InChI=1S/C15H18BrN3O3.ClH/c16-14-8-12(19(21)22)2-1-10(14)7-15(20)18-11-3-4-13(18)9-17-6-5-11;/h1-2,8,11,13,17H,3-7,9H2;1H. The second-order valence-electron chi connectivity index (χ2n) is 5.89. The maximum Gasteiger partial charge on any atom is 0.270 e. The molecule has 2 aliphatic rings. The summed E-state index contributed by atoms with van der Waals surface area (Å²) in [5.41, 5.74) is 0.828. The fourth-order valence-electron chi connectivity index (χ4n) is 3.44. The van der Waals surface area contributed by atoms with E-state index >= 15 is 0 Å². The highest BCUT2D eigenvalue weighted by Crippen LogP contribution is 2.30. The Hall–Kier alpha value is -1.18. The molecule has 2 atom stereocenters. The molecular weight excluding hydrogens is 386 g/mol. The first-order valence-corrected chi connectivity index (χ1v) is 8.30. The van der Waals surface area contributed by atoms with Crippen molar-refractivity contribution in [1.82, 2.24) is 10.2 Å². The normalized spacial score (nSPS) is 23.1. The van der Waals surface area contributed by atoms with Crippen LogP contribution in [0.3, 0.4) is 0 Å². The Morgan fingerprint density at radius 1 is 1.35 bits per heavy atom. The lowest BCUT2D eigenvalue weighted by molar-refractivity contribution is -0.384. The number of carbonyl (C=O) groups excluding carboxylic acids is 1. The van der Waals surface area contributed by atoms with Gasteiger partial charge < -0.3 is 10.2 Å². The van der Waals surface area contributed by atoms with Gasteiger partial charge in [0.1, 0.15) is 0 Å². The second-order valence-corrected chi connectivity index (χ2v) is 6.74. The number of nitro groups is 1. The topological polar surface area (TPSA) is 75.5 Å². The number of halogens is 2. The van der Waals surface area contributed by atoms with Crippen LogP contribution in [-0.2, 0) is 11.2 Å². The molecule has 1 aromatic carbocycles. The van der Waals surface area contributed by atoms with E-state index in [1.54, 1.807) is 6.07 Å². The van der Waals surface area contributed by atoms with Gasteiger partial charge in [0.05, 0.1) is 11.3 Å². The minimum absolute atomic E-state index is 0. The van der Waals surface area contributed by atoms with Crippen molar-refractivity contribution in [2.45, 2.75) is 37.8 Å². The number of hydrogen-bond donors (Lipinski definition) is 1. The number of benzene rings is 1. The SMILES string of the molecule is Cl.O=C(Cc1ccc([N+](=O)[O-])cc1Br)N1C2CCNCC1CC2. The van der Waals surface area contributed by atoms with Crippen molar-refractivity contribution in [1.29, 1.82) is 0 Å². The first-order chi connectivity index (χ1) is 10.6. The molecule has 8 heteroatoms. The zero-order valence-electron chi connectivity index (χ0n) is 12.5. The molecule has 3 rings (SSSR count). The van der Waals surface area contributed by atoms with Crippen LogP contribution in [0, 0.1) is 10.1 Å². The highest BCUT2D eigenvalue weighted by atomic mass is 79.9. The van der Waals surface area contributed by atoms with Crippen molar-refractivity contribution in [3.63, 3.8) is 0 Å². The monoisotopic (exact) mass is 403 g/mol. The first kappa shape index (κ1) is 18.2. The summed E-state index contributed by atoms with van der Waals surface area (Å²) in [5, 5.41) is 14.1. The van der Waals surface area contributed by atoms with Crippen LogP contribution in [0.5, 0.6) is 0 Å². The van der Waals surface area contributed by atoms with Crippen molar-refractivity contribution in [3.05, 3.63) is 38.3 Å². The van der Waals surface area contributed by atoms with Crippen LogP contribution in [0.15, 0.2) is 22.7 Å². The number of carbonyl (C=O) groups is 1. The van der Waals surface area contributed by atoms with E-state index in [9.17, 15) is 14.9 Å². The van der Waals surface area contributed by atoms with Crippen molar-refractivity contribution in [3.8, 4) is 0 Å². The number of nitrogens with one attached hydrogen (secondary N) is 1. The number of hydrogen-bond acceptors (Lipinski definition) is 4. The smallest absolute Gasteiger partial charge is 0.270 e. The molecule has 1 amide bonds. The summed E-state index contributed by atoms with van der Waals surface area (Å²) in [4.78, 5) is 25.1. The molecule has 6 nitrogen and oxygen atoms in total. The summed E-state index contributed by atoms with van der Waals surface area (Å²) in [6.07, 6.45) is 3.43. The molecule has 126 valence electrons. The van der Waals surface area contributed by atoms with Crippen LogP contribution in [-0.4, -0.2) is 40.9 Å². The molecular formula is C15H19BrClN3O3. The summed E-state index contributed by atoms with van der Waals surface area (Å²) in [6, 6.07) is 5.20. The highest BCUT2D eigenvalue weighted by Gasteiger charge is 2.37. The molecule has 0 saturated carbocycles. The maximum atomic E-state index is 12.7. The quantitative estimate of drug-likeness (QED) is 0.621. The van der Waals surface area contributed by atoms with E-state index in [2.05, 4.69) is 21.2 Å². The van der Waals surface area contributed by atoms with Gasteiger partial charge in [-0.05, 0) is 31.4 Å². The summed E-state index contributed by atoms with van der Waals surface area (Å²) in [5.74, 6) is 0.116. The van der Waals surface area contributed by atoms with Crippen LogP contribution in [0.25, 0.3) is 0 Å². The minimum atomic E-state index is -0.433. The average Bonchev–Trinajstić information content (AvgIpc) is 2.74. The second kappa shape index (κ2) is 7.59. The predicted octanol–water partition coefficient (Wildman–Crippen LogP) is 2.67. The van der Waals surface area contributed by atoms with E-state index < -0.39 is 4.92 Å². The number of nitrogens with zero attached hydrogens (tertiary/aromatic N) is 2. The molecule has 23 heavy (non-hydrogen) atoms. The van der Waals surface area contributed by atoms with Gasteiger partial charge in [-0.3, -0.25) is 14.9 Å². The number of rotatable bonds is 3. The fraction of sp³-hybridized carbons (Fsp3) is 0.533. The molecule has 2 aliphatic heterocycles. The van der Waals surface area contributed by atoms with Gasteiger partial charge in [0.15, 0.2) is 0 Å². The Bertz CT molecular complexity index is 600. The Morgan fingerprint density at radius 2 is 2.09 bits per heavy atom. The lowest BCUT2D eigenvalue weighted by atomic mass is 10.1. The summed E-state index contributed by atoms with van der Waals surface area (Å²) < 4.78 is 0.621. The van der Waals surface area contributed by atoms with E-state index in [-0.39, 0.29) is 36.5 Å². The lowest BCUT2D eigenvalue weighted by Crippen LogP contribution is -2.43. The van der Waals surface area contributed by atoms with Crippen LogP contribution < -0.4 is 5.32 Å². The molecule has 2 fully saturated rings. The third-order valence-corrected chi connectivity index (χ3v) is 5.27. The molecule has 0 aliphatic carbocycles. The molecule has 2 saturated heterocycles. The number of amides is 1. The summed E-state index contributed by atoms with van der Waals surface area (Å²) in [7, 11) is 0. The Labute approximate surface area is 149 Å². The Kier molecular flexibility index (Phi) is 6.00. The van der Waals surface area contributed by atoms with Crippen LogP contribution in [0.1, 0.15) is 24.8 Å². The van der Waals surface area contributed by atoms with Gasteiger partial charge in [0, 0.05) is 35.2 Å². The molecule has 2 heterocycles. The van der Waals surface area contributed by atoms with E-state index in [1.165, 1.54) is 12.1 Å². The fourth-order valence-corrected chi connectivity index (χ4v) is 3.94. The van der Waals surface area contributed by atoms with E-state index in [0.29, 0.717) is 10.5 Å². The third kappa shape index (κ3) is 3.84. The molecule has 1 aromatic rings. The molecule has 0 spiro atoms. The van der Waals surface area contributed by atoms with Crippen molar-refractivity contribution in [2.75, 3.05) is 13.1 Å². The Morgan fingerprint density at radius 3 is 2.78 bits per heavy atom. The van der Waals surface area contributed by atoms with Gasteiger partial charge in [-0.25, -0.2) is 0 Å². The minimum Gasteiger partial charge on any atom is -0.335 e. The van der Waals surface area contributed by atoms with Crippen molar-refractivity contribution >= 4 is 39.9 Å². The van der Waals surface area contributed by atoms with Crippen LogP contribution in [0.4, 0.5) is 5.69 Å². The molecule has 2 bridgehead atoms. The highest BCUT2D eigenvalue weighted by molar-refractivity contribution is 9.10. The van der Waals surface area contributed by atoms with Gasteiger partial charge >= 0.3 is 0 Å². The van der Waals surface area contributed by atoms with Crippen molar-refractivity contribution < 1.29 is 9.72 Å². The molecule has 1 N–H and O–H groups in total. The van der Waals surface area contributed by atoms with E-state index in [1.807, 2.05) is 4.90 Å². The van der Waals surface area contributed by atoms with Crippen LogP contribution >= 0.6 is 28.3 Å². The lowest BCUT2D eigenvalue weighted by Gasteiger charge is -2.28. The number of fused-ring (bicyclic) bond motifs is 2. The summed E-state index contributed by atoms with van der Waals surface area (Å²) >= 11 is 3.34. The zero-order valence-corrected chi connectivity index (χ0v) is 14.9. The Balaban J connectivity index is 0.00000192. The van der Waals surface area contributed by atoms with Gasteiger partial charge in [0.25, 0.3) is 5.69 Å². The first-order valence-electron chi connectivity index (χ1n) is 7.51. The van der Waals surface area contributed by atoms with Crippen molar-refractivity contribution in [2.24, 2.45) is 0 Å². The summed E-state index contributed by atoms with van der Waals surface area (Å²) in [6.45, 7) is 1.83. The maximum absolute atomic E-state index is 12.7. The van der Waals surface area contributed by atoms with Gasteiger partial charge in [-0.1, -0.05) is 22.0 Å². The van der Waals surface area contributed by atoms with E-state index in [4.69, 9.17) is 0 Å². The van der Waals surface area contributed by atoms with E-state index in [0.717, 1.165) is 37.9 Å². The third-order valence-electron chi connectivity index (χ3n) is 4.53.